The number of nitrogen functional groups attached to an aromatic ring is 1. The standard InChI is InChI=1S/C13H22N4/c1-5-11(6-2)17(4)12-8-10(13(14)15)7-9(3)16-12/h7-8,11H,5-6H2,1-4H3,(H3,14,15). The summed E-state index contributed by atoms with van der Waals surface area (Å²) in [7, 11) is 2.04. The Morgan fingerprint density at radius 2 is 2.00 bits per heavy atom. The molecule has 0 amide bonds. The summed E-state index contributed by atoms with van der Waals surface area (Å²) in [4.78, 5) is 6.67. The van der Waals surface area contributed by atoms with Gasteiger partial charge in [-0.1, -0.05) is 13.8 Å². The number of hydrogen-bond acceptors (Lipinski definition) is 3. The van der Waals surface area contributed by atoms with Crippen molar-refractivity contribution in [2.24, 2.45) is 5.73 Å². The number of anilines is 1. The minimum absolute atomic E-state index is 0.0923. The second-order valence-corrected chi connectivity index (χ2v) is 4.35. The molecule has 94 valence electrons. The molecule has 1 heterocycles. The lowest BCUT2D eigenvalue weighted by atomic mass is 10.1. The van der Waals surface area contributed by atoms with Crippen molar-refractivity contribution in [3.05, 3.63) is 23.4 Å². The van der Waals surface area contributed by atoms with Crippen LogP contribution in [0.25, 0.3) is 0 Å². The summed E-state index contributed by atoms with van der Waals surface area (Å²) in [5, 5.41) is 7.50. The van der Waals surface area contributed by atoms with Crippen molar-refractivity contribution < 1.29 is 0 Å². The molecule has 0 saturated carbocycles. The number of nitrogens with zero attached hydrogens (tertiary/aromatic N) is 2. The van der Waals surface area contributed by atoms with Crippen LogP contribution in [0.5, 0.6) is 0 Å². The summed E-state index contributed by atoms with van der Waals surface area (Å²) in [6, 6.07) is 4.20. The Labute approximate surface area is 103 Å². The van der Waals surface area contributed by atoms with Crippen LogP contribution in [0.2, 0.25) is 0 Å². The molecule has 17 heavy (non-hydrogen) atoms. The average molecular weight is 234 g/mol. The molecule has 3 N–H and O–H groups in total. The fourth-order valence-corrected chi connectivity index (χ4v) is 2.01. The van der Waals surface area contributed by atoms with Gasteiger partial charge in [-0.3, -0.25) is 5.41 Å². The van der Waals surface area contributed by atoms with Gasteiger partial charge in [0, 0.05) is 24.3 Å². The zero-order valence-corrected chi connectivity index (χ0v) is 11.1. The van der Waals surface area contributed by atoms with E-state index in [1.165, 1.54) is 0 Å². The maximum Gasteiger partial charge on any atom is 0.129 e. The number of rotatable bonds is 5. The molecule has 0 bridgehead atoms. The first-order chi connectivity index (χ1) is 7.99. The first kappa shape index (κ1) is 13.5. The van der Waals surface area contributed by atoms with Crippen LogP contribution in [0.1, 0.15) is 37.9 Å². The Kier molecular flexibility index (Phi) is 4.49. The molecule has 0 aliphatic heterocycles. The summed E-state index contributed by atoms with van der Waals surface area (Å²) in [5.41, 5.74) is 7.16. The van der Waals surface area contributed by atoms with E-state index < -0.39 is 0 Å². The number of amidine groups is 1. The van der Waals surface area contributed by atoms with Crippen LogP contribution in [0.3, 0.4) is 0 Å². The van der Waals surface area contributed by atoms with Crippen LogP contribution in [0.15, 0.2) is 12.1 Å². The molecule has 0 spiro atoms. The predicted molar refractivity (Wildman–Crippen MR) is 72.8 cm³/mol. The van der Waals surface area contributed by atoms with Crippen molar-refractivity contribution in [2.45, 2.75) is 39.7 Å². The summed E-state index contributed by atoms with van der Waals surface area (Å²) in [5.74, 6) is 0.985. The van der Waals surface area contributed by atoms with E-state index in [2.05, 4.69) is 23.7 Å². The molecule has 0 aliphatic rings. The molecule has 1 rings (SSSR count). The Morgan fingerprint density at radius 1 is 1.41 bits per heavy atom. The van der Waals surface area contributed by atoms with E-state index in [0.29, 0.717) is 6.04 Å². The highest BCUT2D eigenvalue weighted by atomic mass is 15.2. The normalized spacial score (nSPS) is 10.6. The van der Waals surface area contributed by atoms with Gasteiger partial charge in [-0.15, -0.1) is 0 Å². The lowest BCUT2D eigenvalue weighted by Gasteiger charge is -2.27. The van der Waals surface area contributed by atoms with Crippen LogP contribution in [-0.2, 0) is 0 Å². The van der Waals surface area contributed by atoms with E-state index in [1.54, 1.807) is 0 Å². The van der Waals surface area contributed by atoms with Gasteiger partial charge >= 0.3 is 0 Å². The highest BCUT2D eigenvalue weighted by molar-refractivity contribution is 5.95. The fourth-order valence-electron chi connectivity index (χ4n) is 2.01. The number of aromatic nitrogens is 1. The van der Waals surface area contributed by atoms with E-state index in [1.807, 2.05) is 26.1 Å². The number of aryl methyl sites for hydroxylation is 1. The average Bonchev–Trinajstić information content (AvgIpc) is 2.29. The number of nitrogens with two attached hydrogens (primary N) is 1. The third-order valence-corrected chi connectivity index (χ3v) is 3.10. The Balaban J connectivity index is 3.08. The van der Waals surface area contributed by atoms with Crippen molar-refractivity contribution in [1.29, 1.82) is 5.41 Å². The van der Waals surface area contributed by atoms with Gasteiger partial charge in [0.15, 0.2) is 0 Å². The number of pyridine rings is 1. The molecular formula is C13H22N4. The smallest absolute Gasteiger partial charge is 0.129 e. The molecule has 0 fully saturated rings. The molecule has 1 aromatic heterocycles. The van der Waals surface area contributed by atoms with Crippen LogP contribution in [0.4, 0.5) is 5.82 Å². The van der Waals surface area contributed by atoms with Gasteiger partial charge in [0.1, 0.15) is 11.7 Å². The van der Waals surface area contributed by atoms with Gasteiger partial charge in [-0.25, -0.2) is 4.98 Å². The third kappa shape index (κ3) is 3.19. The minimum Gasteiger partial charge on any atom is -0.384 e. The van der Waals surface area contributed by atoms with Crippen LogP contribution < -0.4 is 10.6 Å². The lowest BCUT2D eigenvalue weighted by molar-refractivity contribution is 0.586. The van der Waals surface area contributed by atoms with E-state index in [0.717, 1.165) is 29.9 Å². The first-order valence-electron chi connectivity index (χ1n) is 6.05. The molecule has 0 atom stereocenters. The second kappa shape index (κ2) is 5.66. The molecule has 0 aromatic carbocycles. The number of hydrogen-bond donors (Lipinski definition) is 2. The highest BCUT2D eigenvalue weighted by Crippen LogP contribution is 2.18. The summed E-state index contributed by atoms with van der Waals surface area (Å²) >= 11 is 0. The number of nitrogens with one attached hydrogen (secondary N) is 1. The van der Waals surface area contributed by atoms with Crippen LogP contribution in [-0.4, -0.2) is 23.9 Å². The van der Waals surface area contributed by atoms with E-state index in [9.17, 15) is 0 Å². The molecule has 4 nitrogen and oxygen atoms in total. The largest absolute Gasteiger partial charge is 0.384 e. The van der Waals surface area contributed by atoms with Crippen molar-refractivity contribution in [3.8, 4) is 0 Å². The second-order valence-electron chi connectivity index (χ2n) is 4.35. The zero-order chi connectivity index (χ0) is 13.0. The van der Waals surface area contributed by atoms with Gasteiger partial charge < -0.3 is 10.6 Å². The lowest BCUT2D eigenvalue weighted by Crippen LogP contribution is -2.31. The Bertz CT molecular complexity index is 396. The molecule has 4 heteroatoms. The van der Waals surface area contributed by atoms with Gasteiger partial charge in [0.25, 0.3) is 0 Å². The summed E-state index contributed by atoms with van der Waals surface area (Å²) in [6.07, 6.45) is 2.16. The van der Waals surface area contributed by atoms with Gasteiger partial charge in [0.2, 0.25) is 0 Å². The van der Waals surface area contributed by atoms with Gasteiger partial charge in [-0.2, -0.15) is 0 Å². The van der Waals surface area contributed by atoms with Crippen molar-refractivity contribution >= 4 is 11.7 Å². The SMILES string of the molecule is CCC(CC)N(C)c1cc(C(=N)N)cc(C)n1. The molecule has 0 unspecified atom stereocenters. The third-order valence-electron chi connectivity index (χ3n) is 3.10. The molecule has 0 saturated heterocycles. The maximum atomic E-state index is 7.50. The van der Waals surface area contributed by atoms with E-state index in [-0.39, 0.29) is 5.84 Å². The summed E-state index contributed by atoms with van der Waals surface area (Å²) in [6.45, 7) is 6.27. The quantitative estimate of drug-likeness (QED) is 0.607. The molecular weight excluding hydrogens is 212 g/mol. The van der Waals surface area contributed by atoms with Gasteiger partial charge in [-0.05, 0) is 31.9 Å². The predicted octanol–water partition coefficient (Wildman–Crippen LogP) is 2.30. The highest BCUT2D eigenvalue weighted by Gasteiger charge is 2.13. The topological polar surface area (TPSA) is 66.0 Å². The fraction of sp³-hybridized carbons (Fsp3) is 0.538. The van der Waals surface area contributed by atoms with Crippen molar-refractivity contribution in [3.63, 3.8) is 0 Å². The Hall–Kier alpha value is -1.58. The maximum absolute atomic E-state index is 7.50. The van der Waals surface area contributed by atoms with E-state index in [4.69, 9.17) is 11.1 Å². The summed E-state index contributed by atoms with van der Waals surface area (Å²) < 4.78 is 0. The molecule has 1 aromatic rings. The monoisotopic (exact) mass is 234 g/mol. The molecule has 0 aliphatic carbocycles. The molecule has 0 radical (unpaired) electrons. The zero-order valence-electron chi connectivity index (χ0n) is 11.1. The van der Waals surface area contributed by atoms with Crippen molar-refractivity contribution in [2.75, 3.05) is 11.9 Å². The minimum atomic E-state index is 0.0923. The van der Waals surface area contributed by atoms with Crippen molar-refractivity contribution in [1.82, 2.24) is 4.98 Å². The Morgan fingerprint density at radius 3 is 2.47 bits per heavy atom. The van der Waals surface area contributed by atoms with E-state index >= 15 is 0 Å². The first-order valence-corrected chi connectivity index (χ1v) is 6.05. The van der Waals surface area contributed by atoms with Crippen LogP contribution >= 0.6 is 0 Å². The van der Waals surface area contributed by atoms with Gasteiger partial charge in [0.05, 0.1) is 0 Å². The van der Waals surface area contributed by atoms with Crippen LogP contribution in [0, 0.1) is 12.3 Å².